The van der Waals surface area contributed by atoms with Gasteiger partial charge >= 0.3 is 0 Å². The molecule has 0 aliphatic heterocycles. The Balaban J connectivity index is 2.32. The summed E-state index contributed by atoms with van der Waals surface area (Å²) < 4.78 is 0.688. The van der Waals surface area contributed by atoms with Gasteiger partial charge in [0.1, 0.15) is 6.07 Å². The van der Waals surface area contributed by atoms with Crippen molar-refractivity contribution in [1.29, 1.82) is 5.26 Å². The highest BCUT2D eigenvalue weighted by atomic mass is 79.9. The van der Waals surface area contributed by atoms with Crippen LogP contribution in [0.3, 0.4) is 0 Å². The van der Waals surface area contributed by atoms with E-state index in [4.69, 9.17) is 16.9 Å². The van der Waals surface area contributed by atoms with Crippen LogP contribution in [0.25, 0.3) is 0 Å². The predicted molar refractivity (Wildman–Crippen MR) is 78.3 cm³/mol. The maximum atomic E-state index is 12.1. The van der Waals surface area contributed by atoms with E-state index >= 15 is 0 Å². The van der Waals surface area contributed by atoms with Gasteiger partial charge in [0.25, 0.3) is 5.91 Å². The molecule has 3 nitrogen and oxygen atoms in total. The normalized spacial score (nSPS) is 9.74. The first kappa shape index (κ1) is 13.6. The molecule has 94 valence electrons. The highest BCUT2D eigenvalue weighted by Crippen LogP contribution is 2.22. The summed E-state index contributed by atoms with van der Waals surface area (Å²) >= 11 is 9.17. The molecule has 0 unspecified atom stereocenters. The molecule has 0 heterocycles. The number of carbonyl (C=O) groups excluding carboxylic acids is 1. The standard InChI is InChI=1S/C14H8BrClN2O/c15-12-4-2-1-3-11(12)14(19)18-13-7-10(16)6-5-9(13)8-17/h1-7H,(H,18,19). The zero-order valence-corrected chi connectivity index (χ0v) is 12.0. The molecule has 0 aliphatic carbocycles. The Morgan fingerprint density at radius 1 is 1.26 bits per heavy atom. The first-order chi connectivity index (χ1) is 9.11. The van der Waals surface area contributed by atoms with E-state index in [0.717, 1.165) is 0 Å². The molecule has 19 heavy (non-hydrogen) atoms. The smallest absolute Gasteiger partial charge is 0.256 e. The Bertz CT molecular complexity index is 679. The van der Waals surface area contributed by atoms with Gasteiger partial charge in [-0.1, -0.05) is 23.7 Å². The number of anilines is 1. The van der Waals surface area contributed by atoms with Gasteiger partial charge in [0, 0.05) is 9.50 Å². The van der Waals surface area contributed by atoms with Gasteiger partial charge in [-0.2, -0.15) is 5.26 Å². The minimum absolute atomic E-state index is 0.300. The van der Waals surface area contributed by atoms with Gasteiger partial charge in [-0.25, -0.2) is 0 Å². The molecule has 0 saturated carbocycles. The fourth-order valence-electron chi connectivity index (χ4n) is 1.55. The maximum Gasteiger partial charge on any atom is 0.256 e. The third-order valence-corrected chi connectivity index (χ3v) is 3.40. The Kier molecular flexibility index (Phi) is 4.20. The number of nitriles is 1. The van der Waals surface area contributed by atoms with Crippen LogP contribution in [0, 0.1) is 11.3 Å². The predicted octanol–water partition coefficient (Wildman–Crippen LogP) is 4.23. The minimum Gasteiger partial charge on any atom is -0.321 e. The molecule has 2 aromatic rings. The lowest BCUT2D eigenvalue weighted by atomic mass is 10.1. The number of nitrogens with zero attached hydrogens (tertiary/aromatic N) is 1. The summed E-state index contributed by atoms with van der Waals surface area (Å²) in [5, 5.41) is 12.1. The van der Waals surface area contributed by atoms with Crippen LogP contribution < -0.4 is 5.32 Å². The number of amides is 1. The van der Waals surface area contributed by atoms with Crippen molar-refractivity contribution < 1.29 is 4.79 Å². The van der Waals surface area contributed by atoms with E-state index in [2.05, 4.69) is 21.2 Å². The van der Waals surface area contributed by atoms with Gasteiger partial charge in [-0.15, -0.1) is 0 Å². The lowest BCUT2D eigenvalue weighted by Gasteiger charge is -2.08. The van der Waals surface area contributed by atoms with Crippen molar-refractivity contribution in [2.75, 3.05) is 5.32 Å². The fourth-order valence-corrected chi connectivity index (χ4v) is 2.19. The number of benzene rings is 2. The average molecular weight is 336 g/mol. The first-order valence-electron chi connectivity index (χ1n) is 5.37. The second kappa shape index (κ2) is 5.87. The van der Waals surface area contributed by atoms with E-state index in [1.54, 1.807) is 36.4 Å². The first-order valence-corrected chi connectivity index (χ1v) is 6.54. The van der Waals surface area contributed by atoms with Crippen LogP contribution in [-0.4, -0.2) is 5.91 Å². The van der Waals surface area contributed by atoms with Crippen molar-refractivity contribution in [3.8, 4) is 6.07 Å². The molecular formula is C14H8BrClN2O. The van der Waals surface area contributed by atoms with Crippen molar-refractivity contribution in [3.63, 3.8) is 0 Å². The van der Waals surface area contributed by atoms with Crippen LogP contribution in [0.5, 0.6) is 0 Å². The summed E-state index contributed by atoms with van der Waals surface area (Å²) in [5.41, 5.74) is 1.26. The summed E-state index contributed by atoms with van der Waals surface area (Å²) in [7, 11) is 0. The number of carbonyl (C=O) groups is 1. The van der Waals surface area contributed by atoms with E-state index in [1.807, 2.05) is 12.1 Å². The molecule has 2 aromatic carbocycles. The molecule has 0 saturated heterocycles. The van der Waals surface area contributed by atoms with Gasteiger partial charge in [0.05, 0.1) is 16.8 Å². The summed E-state index contributed by atoms with van der Waals surface area (Å²) in [6.45, 7) is 0. The van der Waals surface area contributed by atoms with Crippen LogP contribution in [-0.2, 0) is 0 Å². The molecule has 5 heteroatoms. The average Bonchev–Trinajstić information content (AvgIpc) is 2.39. The lowest BCUT2D eigenvalue weighted by molar-refractivity contribution is 0.102. The second-order valence-corrected chi connectivity index (χ2v) is 5.03. The molecule has 0 radical (unpaired) electrons. The quantitative estimate of drug-likeness (QED) is 0.893. The zero-order valence-electron chi connectivity index (χ0n) is 9.65. The monoisotopic (exact) mass is 334 g/mol. The van der Waals surface area contributed by atoms with Crippen LogP contribution >= 0.6 is 27.5 Å². The maximum absolute atomic E-state index is 12.1. The van der Waals surface area contributed by atoms with Crippen molar-refractivity contribution in [2.45, 2.75) is 0 Å². The summed E-state index contributed by atoms with van der Waals surface area (Å²) in [6, 6.07) is 13.8. The molecule has 0 fully saturated rings. The Morgan fingerprint density at radius 2 is 2.00 bits per heavy atom. The summed E-state index contributed by atoms with van der Waals surface area (Å²) in [6.07, 6.45) is 0. The fraction of sp³-hybridized carbons (Fsp3) is 0. The van der Waals surface area contributed by atoms with E-state index in [0.29, 0.717) is 26.3 Å². The van der Waals surface area contributed by atoms with Crippen molar-refractivity contribution >= 4 is 39.1 Å². The summed E-state index contributed by atoms with van der Waals surface area (Å²) in [4.78, 5) is 12.1. The summed E-state index contributed by atoms with van der Waals surface area (Å²) in [5.74, 6) is -0.300. The van der Waals surface area contributed by atoms with Crippen molar-refractivity contribution in [1.82, 2.24) is 0 Å². The number of hydrogen-bond acceptors (Lipinski definition) is 2. The largest absolute Gasteiger partial charge is 0.321 e. The molecule has 0 atom stereocenters. The van der Waals surface area contributed by atoms with Crippen molar-refractivity contribution in [2.24, 2.45) is 0 Å². The van der Waals surface area contributed by atoms with Gasteiger partial charge in [0.2, 0.25) is 0 Å². The number of nitrogens with one attached hydrogen (secondary N) is 1. The highest BCUT2D eigenvalue weighted by Gasteiger charge is 2.12. The third-order valence-electron chi connectivity index (χ3n) is 2.47. The number of halogens is 2. The van der Waals surface area contributed by atoms with Crippen LogP contribution in [0.1, 0.15) is 15.9 Å². The molecule has 1 N–H and O–H groups in total. The van der Waals surface area contributed by atoms with E-state index < -0.39 is 0 Å². The second-order valence-electron chi connectivity index (χ2n) is 3.74. The Morgan fingerprint density at radius 3 is 2.68 bits per heavy atom. The van der Waals surface area contributed by atoms with Gasteiger partial charge in [-0.3, -0.25) is 4.79 Å². The van der Waals surface area contributed by atoms with E-state index in [-0.39, 0.29) is 5.91 Å². The number of rotatable bonds is 2. The van der Waals surface area contributed by atoms with Crippen LogP contribution in [0.15, 0.2) is 46.9 Å². The molecule has 2 rings (SSSR count). The Hall–Kier alpha value is -1.83. The molecule has 1 amide bonds. The minimum atomic E-state index is -0.300. The van der Waals surface area contributed by atoms with Gasteiger partial charge in [-0.05, 0) is 46.3 Å². The van der Waals surface area contributed by atoms with E-state index in [1.165, 1.54) is 0 Å². The molecule has 0 aromatic heterocycles. The van der Waals surface area contributed by atoms with Gasteiger partial charge in [0.15, 0.2) is 0 Å². The highest BCUT2D eigenvalue weighted by molar-refractivity contribution is 9.10. The third kappa shape index (κ3) is 3.14. The molecule has 0 spiro atoms. The van der Waals surface area contributed by atoms with Crippen LogP contribution in [0.4, 0.5) is 5.69 Å². The number of hydrogen-bond donors (Lipinski definition) is 1. The Labute approximate surface area is 123 Å². The van der Waals surface area contributed by atoms with Crippen LogP contribution in [0.2, 0.25) is 5.02 Å². The molecule has 0 bridgehead atoms. The topological polar surface area (TPSA) is 52.9 Å². The van der Waals surface area contributed by atoms with Crippen molar-refractivity contribution in [3.05, 3.63) is 63.1 Å². The van der Waals surface area contributed by atoms with E-state index in [9.17, 15) is 4.79 Å². The SMILES string of the molecule is N#Cc1ccc(Cl)cc1NC(=O)c1ccccc1Br. The lowest BCUT2D eigenvalue weighted by Crippen LogP contribution is -2.13. The molecular weight excluding hydrogens is 328 g/mol. The molecule has 0 aliphatic rings. The van der Waals surface area contributed by atoms with Gasteiger partial charge < -0.3 is 5.32 Å². The zero-order chi connectivity index (χ0) is 13.8.